The molecule has 0 unspecified atom stereocenters. The second-order valence-electron chi connectivity index (χ2n) is 5.61. The first-order valence-electron chi connectivity index (χ1n) is 7.39. The molecule has 0 saturated heterocycles. The Hall–Kier alpha value is -3.13. The van der Waals surface area contributed by atoms with Gasteiger partial charge in [0, 0.05) is 42.9 Å². The Morgan fingerprint density at radius 3 is 2.50 bits per heavy atom. The fourth-order valence-electron chi connectivity index (χ4n) is 2.71. The lowest BCUT2D eigenvalue weighted by Gasteiger charge is -2.17. The van der Waals surface area contributed by atoms with Gasteiger partial charge in [-0.3, -0.25) is 0 Å². The fraction of sp³-hybridized carbons (Fsp3) is 0.158. The molecule has 5 heteroatoms. The number of methoxy groups -OCH3 is 1. The third-order valence-corrected chi connectivity index (χ3v) is 3.89. The number of hydrogen-bond donors (Lipinski definition) is 0. The molecule has 0 saturated carbocycles. The average molecular weight is 321 g/mol. The summed E-state index contributed by atoms with van der Waals surface area (Å²) in [5, 5.41) is 10.8. The van der Waals surface area contributed by atoms with Crippen molar-refractivity contribution in [3.8, 4) is 22.9 Å². The zero-order valence-electron chi connectivity index (χ0n) is 13.7. The summed E-state index contributed by atoms with van der Waals surface area (Å²) in [5.41, 5.74) is 1.67. The molecule has 3 aromatic rings. The summed E-state index contributed by atoms with van der Waals surface area (Å²) in [6.45, 7) is 0. The lowest BCUT2D eigenvalue weighted by Crippen LogP contribution is -2.11. The molecule has 24 heavy (non-hydrogen) atoms. The van der Waals surface area contributed by atoms with Gasteiger partial charge in [-0.25, -0.2) is 9.37 Å². The van der Waals surface area contributed by atoms with E-state index in [1.54, 1.807) is 30.5 Å². The number of nitrogens with zero attached hydrogens (tertiary/aromatic N) is 3. The van der Waals surface area contributed by atoms with Gasteiger partial charge >= 0.3 is 0 Å². The predicted octanol–water partition coefficient (Wildman–Crippen LogP) is 3.99. The van der Waals surface area contributed by atoms with Gasteiger partial charge in [-0.15, -0.1) is 0 Å². The van der Waals surface area contributed by atoms with Crippen LogP contribution >= 0.6 is 0 Å². The number of benzene rings is 2. The minimum absolute atomic E-state index is 0.376. The second kappa shape index (κ2) is 6.17. The molecule has 0 aliphatic rings. The molecule has 4 nitrogen and oxygen atoms in total. The summed E-state index contributed by atoms with van der Waals surface area (Å²) in [7, 11) is 5.27. The highest BCUT2D eigenvalue weighted by atomic mass is 19.1. The maximum absolute atomic E-state index is 14.5. The van der Waals surface area contributed by atoms with Gasteiger partial charge in [-0.1, -0.05) is 6.07 Å². The molecule has 0 fully saturated rings. The monoisotopic (exact) mass is 321 g/mol. The first-order chi connectivity index (χ1) is 11.5. The van der Waals surface area contributed by atoms with E-state index in [-0.39, 0.29) is 5.82 Å². The molecule has 0 atom stereocenters. The van der Waals surface area contributed by atoms with Crippen LogP contribution in [-0.4, -0.2) is 26.2 Å². The van der Waals surface area contributed by atoms with Gasteiger partial charge in [0.15, 0.2) is 0 Å². The predicted molar refractivity (Wildman–Crippen MR) is 92.7 cm³/mol. The third kappa shape index (κ3) is 2.63. The van der Waals surface area contributed by atoms with E-state index in [0.29, 0.717) is 22.4 Å². The molecule has 0 aliphatic heterocycles. The molecule has 120 valence electrons. The third-order valence-electron chi connectivity index (χ3n) is 3.89. The van der Waals surface area contributed by atoms with Crippen molar-refractivity contribution >= 4 is 16.6 Å². The number of halogens is 1. The van der Waals surface area contributed by atoms with Crippen molar-refractivity contribution < 1.29 is 9.13 Å². The zero-order chi connectivity index (χ0) is 17.3. The van der Waals surface area contributed by atoms with Crippen LogP contribution in [-0.2, 0) is 0 Å². The minimum atomic E-state index is -0.376. The SMILES string of the molecule is COc1ccc(-c2cnc(N(C)C)c3cc(C#N)ccc23)c(F)c1. The largest absolute Gasteiger partial charge is 0.497 e. The highest BCUT2D eigenvalue weighted by Crippen LogP contribution is 2.35. The number of ether oxygens (including phenoxy) is 1. The Labute approximate surface area is 139 Å². The van der Waals surface area contributed by atoms with Gasteiger partial charge in [0.25, 0.3) is 0 Å². The maximum atomic E-state index is 14.5. The zero-order valence-corrected chi connectivity index (χ0v) is 13.7. The van der Waals surface area contributed by atoms with Crippen LogP contribution in [0.2, 0.25) is 0 Å². The molecule has 0 spiro atoms. The van der Waals surface area contributed by atoms with Gasteiger partial charge in [0.2, 0.25) is 0 Å². The highest BCUT2D eigenvalue weighted by Gasteiger charge is 2.14. The first-order valence-corrected chi connectivity index (χ1v) is 7.39. The Morgan fingerprint density at radius 2 is 1.88 bits per heavy atom. The van der Waals surface area contributed by atoms with Gasteiger partial charge in [0.1, 0.15) is 17.4 Å². The van der Waals surface area contributed by atoms with Gasteiger partial charge < -0.3 is 9.64 Å². The van der Waals surface area contributed by atoms with Crippen LogP contribution in [0.5, 0.6) is 5.75 Å². The van der Waals surface area contributed by atoms with Gasteiger partial charge in [0.05, 0.1) is 18.7 Å². The van der Waals surface area contributed by atoms with Gasteiger partial charge in [-0.05, 0) is 29.7 Å². The topological polar surface area (TPSA) is 49.1 Å². The number of aromatic nitrogens is 1. The molecule has 0 aliphatic carbocycles. The molecule has 2 aromatic carbocycles. The standard InChI is InChI=1S/C19H16FN3O/c1-23(2)19-16-8-12(10-21)4-6-14(16)17(11-22-19)15-7-5-13(24-3)9-18(15)20/h4-9,11H,1-3H3. The van der Waals surface area contributed by atoms with Crippen molar-refractivity contribution in [1.29, 1.82) is 5.26 Å². The minimum Gasteiger partial charge on any atom is -0.497 e. The molecule has 0 bridgehead atoms. The van der Waals surface area contributed by atoms with Crippen molar-refractivity contribution in [2.75, 3.05) is 26.1 Å². The van der Waals surface area contributed by atoms with E-state index in [4.69, 9.17) is 10.00 Å². The Morgan fingerprint density at radius 1 is 1.08 bits per heavy atom. The van der Waals surface area contributed by atoms with Crippen molar-refractivity contribution in [3.05, 3.63) is 54.0 Å². The van der Waals surface area contributed by atoms with Crippen LogP contribution in [0.3, 0.4) is 0 Å². The summed E-state index contributed by atoms with van der Waals surface area (Å²) in [6.07, 6.45) is 1.66. The fourth-order valence-corrected chi connectivity index (χ4v) is 2.71. The number of nitriles is 1. The summed E-state index contributed by atoms with van der Waals surface area (Å²) in [4.78, 5) is 6.33. The van der Waals surface area contributed by atoms with E-state index in [1.807, 2.05) is 25.1 Å². The van der Waals surface area contributed by atoms with E-state index < -0.39 is 0 Å². The summed E-state index contributed by atoms with van der Waals surface area (Å²) in [5.74, 6) is 0.823. The molecule has 0 N–H and O–H groups in total. The van der Waals surface area contributed by atoms with Crippen LogP contribution in [0.1, 0.15) is 5.56 Å². The smallest absolute Gasteiger partial charge is 0.135 e. The molecule has 1 heterocycles. The average Bonchev–Trinajstić information content (AvgIpc) is 2.60. The molecule has 3 rings (SSSR count). The van der Waals surface area contributed by atoms with Gasteiger partial charge in [-0.2, -0.15) is 5.26 Å². The first kappa shape index (κ1) is 15.8. The van der Waals surface area contributed by atoms with Crippen molar-refractivity contribution in [2.45, 2.75) is 0 Å². The molecular formula is C19H16FN3O. The normalized spacial score (nSPS) is 10.5. The maximum Gasteiger partial charge on any atom is 0.135 e. The van der Waals surface area contributed by atoms with Crippen molar-refractivity contribution in [3.63, 3.8) is 0 Å². The van der Waals surface area contributed by atoms with Crippen LogP contribution in [0, 0.1) is 17.1 Å². The van der Waals surface area contributed by atoms with E-state index >= 15 is 0 Å². The lowest BCUT2D eigenvalue weighted by molar-refractivity contribution is 0.411. The Kier molecular flexibility index (Phi) is 4.05. The Balaban J connectivity index is 2.31. The number of pyridine rings is 1. The van der Waals surface area contributed by atoms with Crippen LogP contribution in [0.15, 0.2) is 42.6 Å². The van der Waals surface area contributed by atoms with Crippen molar-refractivity contribution in [1.82, 2.24) is 4.98 Å². The van der Waals surface area contributed by atoms with Crippen LogP contribution in [0.4, 0.5) is 10.2 Å². The van der Waals surface area contributed by atoms with Crippen molar-refractivity contribution in [2.24, 2.45) is 0 Å². The molecular weight excluding hydrogens is 305 g/mol. The van der Waals surface area contributed by atoms with E-state index in [0.717, 1.165) is 16.6 Å². The number of rotatable bonds is 3. The number of fused-ring (bicyclic) bond motifs is 1. The quantitative estimate of drug-likeness (QED) is 0.732. The highest BCUT2D eigenvalue weighted by molar-refractivity contribution is 6.02. The van der Waals surface area contributed by atoms with E-state index in [2.05, 4.69) is 11.1 Å². The molecule has 0 amide bonds. The number of anilines is 1. The summed E-state index contributed by atoms with van der Waals surface area (Å²) < 4.78 is 19.5. The Bertz CT molecular complexity index is 961. The van der Waals surface area contributed by atoms with Crippen LogP contribution in [0.25, 0.3) is 21.9 Å². The lowest BCUT2D eigenvalue weighted by atomic mass is 9.98. The molecule has 1 aromatic heterocycles. The summed E-state index contributed by atoms with van der Waals surface area (Å²) >= 11 is 0. The second-order valence-corrected chi connectivity index (χ2v) is 5.61. The van der Waals surface area contributed by atoms with Crippen LogP contribution < -0.4 is 9.64 Å². The van der Waals surface area contributed by atoms with E-state index in [1.165, 1.54) is 13.2 Å². The van der Waals surface area contributed by atoms with E-state index in [9.17, 15) is 4.39 Å². The number of hydrogen-bond acceptors (Lipinski definition) is 4. The summed E-state index contributed by atoms with van der Waals surface area (Å²) in [6, 6.07) is 12.2. The molecule has 0 radical (unpaired) electrons.